The summed E-state index contributed by atoms with van der Waals surface area (Å²) >= 11 is 0. The van der Waals surface area contributed by atoms with Gasteiger partial charge in [-0.25, -0.2) is 28.8 Å². The highest BCUT2D eigenvalue weighted by molar-refractivity contribution is 6.30. The Balaban J connectivity index is 3.92. The van der Waals surface area contributed by atoms with E-state index in [-0.39, 0.29) is 0 Å². The molecule has 20 nitrogen and oxygen atoms in total. The first-order valence-corrected chi connectivity index (χ1v) is 13.4. The van der Waals surface area contributed by atoms with E-state index in [0.717, 1.165) is 14.2 Å². The number of esters is 10. The molecule has 2 aliphatic carbocycles. The topological polar surface area (TPSA) is 263 Å². The molecular weight excluding hydrogens is 680 g/mol. The number of methoxy groups -OCH3 is 10. The zero-order valence-electron chi connectivity index (χ0n) is 28.2. The summed E-state index contributed by atoms with van der Waals surface area (Å²) in [5.74, 6) is -17.8. The summed E-state index contributed by atoms with van der Waals surface area (Å²) in [6.45, 7) is 0. The fourth-order valence-corrected chi connectivity index (χ4v) is 5.66. The fourth-order valence-electron chi connectivity index (χ4n) is 5.66. The third kappa shape index (κ3) is 5.33. The molecule has 0 aromatic rings. The van der Waals surface area contributed by atoms with Gasteiger partial charge in [0.05, 0.1) is 105 Å². The van der Waals surface area contributed by atoms with E-state index in [2.05, 4.69) is 0 Å². The molecule has 0 fully saturated rings. The third-order valence-corrected chi connectivity index (χ3v) is 7.55. The summed E-state index contributed by atoms with van der Waals surface area (Å²) in [4.78, 5) is 139. The van der Waals surface area contributed by atoms with Crippen LogP contribution in [-0.4, -0.2) is 131 Å². The van der Waals surface area contributed by atoms with Crippen LogP contribution in [0, 0.1) is 10.8 Å². The lowest BCUT2D eigenvalue weighted by atomic mass is 9.64. The summed E-state index contributed by atoms with van der Waals surface area (Å²) < 4.78 is 48.1. The van der Waals surface area contributed by atoms with Crippen molar-refractivity contribution in [2.75, 3.05) is 71.1 Å². The van der Waals surface area contributed by atoms with Gasteiger partial charge in [-0.2, -0.15) is 0 Å². The van der Waals surface area contributed by atoms with Gasteiger partial charge in [-0.3, -0.25) is 19.2 Å². The second kappa shape index (κ2) is 15.3. The van der Waals surface area contributed by atoms with Crippen LogP contribution in [0.2, 0.25) is 0 Å². The van der Waals surface area contributed by atoms with Crippen molar-refractivity contribution in [3.63, 3.8) is 0 Å². The monoisotopic (exact) mass is 710 g/mol. The third-order valence-electron chi connectivity index (χ3n) is 7.55. The molecule has 0 radical (unpaired) electrons. The molecule has 0 aromatic heterocycles. The average molecular weight is 711 g/mol. The lowest BCUT2D eigenvalue weighted by molar-refractivity contribution is -0.168. The molecule has 0 saturated carbocycles. The maximum Gasteiger partial charge on any atom is 0.339 e. The molecule has 0 amide bonds. The molecule has 2 aliphatic rings. The largest absolute Gasteiger partial charge is 0.468 e. The van der Waals surface area contributed by atoms with Crippen LogP contribution in [0.4, 0.5) is 0 Å². The molecule has 2 rings (SSSR count). The zero-order chi connectivity index (χ0) is 38.5. The lowest BCUT2D eigenvalue weighted by Gasteiger charge is -2.35. The average Bonchev–Trinajstić information content (AvgIpc) is 3.64. The van der Waals surface area contributed by atoms with E-state index < -0.39 is 115 Å². The van der Waals surface area contributed by atoms with E-state index in [9.17, 15) is 47.9 Å². The summed E-state index contributed by atoms with van der Waals surface area (Å²) in [5.41, 5.74) is -18.3. The van der Waals surface area contributed by atoms with E-state index in [1.165, 1.54) is 0 Å². The molecule has 0 saturated heterocycles. The quantitative estimate of drug-likeness (QED) is 0.126. The Bertz CT molecular complexity index is 1570. The number of ether oxygens (including phenoxy) is 10. The SMILES string of the molecule is COC(=O)C1=C(C(=O)OC)C(C(=O)OC)(C(=O)OC)C(C2=C(C(=O)OC)C(C(=O)OC)=C(C(=O)OC)C2(C(=O)OC)C(=O)OC)=C1C(=O)OC. The van der Waals surface area contributed by atoms with E-state index >= 15 is 0 Å². The van der Waals surface area contributed by atoms with Crippen molar-refractivity contribution in [3.05, 3.63) is 44.6 Å². The molecular formula is C30H30O20. The number of rotatable bonds is 11. The Morgan fingerprint density at radius 2 is 0.500 bits per heavy atom. The van der Waals surface area contributed by atoms with Gasteiger partial charge in [0.15, 0.2) is 0 Å². The minimum Gasteiger partial charge on any atom is -0.468 e. The van der Waals surface area contributed by atoms with Gasteiger partial charge >= 0.3 is 59.7 Å². The number of carbonyl (C=O) groups excluding carboxylic acids is 10. The predicted molar refractivity (Wildman–Crippen MR) is 153 cm³/mol. The first-order valence-electron chi connectivity index (χ1n) is 13.4. The standard InChI is InChI=1S/C30H30O20/c1-41-19(31)11-13(21(33)43-3)17(23(35)45-5)29(25(37)47-7,26(38)48-8)15(11)16-12(20(32)42-2)14(22(34)44-4)18(24(36)46-6)30(16,27(39)49-9)28(40)50-10/h1-10H3. The van der Waals surface area contributed by atoms with E-state index in [0.29, 0.717) is 56.9 Å². The summed E-state index contributed by atoms with van der Waals surface area (Å²) in [6.07, 6.45) is 0. The van der Waals surface area contributed by atoms with E-state index in [4.69, 9.17) is 47.4 Å². The predicted octanol–water partition coefficient (Wildman–Crippen LogP) is -2.10. The van der Waals surface area contributed by atoms with Gasteiger partial charge < -0.3 is 47.4 Å². The molecule has 0 bridgehead atoms. The van der Waals surface area contributed by atoms with Crippen LogP contribution < -0.4 is 0 Å². The normalized spacial score (nSPS) is 15.8. The van der Waals surface area contributed by atoms with Crippen LogP contribution in [0.5, 0.6) is 0 Å². The fraction of sp³-hybridized carbons (Fsp3) is 0.400. The van der Waals surface area contributed by atoms with Crippen LogP contribution in [-0.2, 0) is 95.3 Å². The molecule has 270 valence electrons. The minimum atomic E-state index is -3.68. The first-order chi connectivity index (χ1) is 23.6. The molecule has 0 aliphatic heterocycles. The van der Waals surface area contributed by atoms with Gasteiger partial charge in [0.25, 0.3) is 0 Å². The Hall–Kier alpha value is -6.34. The van der Waals surface area contributed by atoms with Crippen LogP contribution in [0.25, 0.3) is 0 Å². The maximum absolute atomic E-state index is 14.2. The van der Waals surface area contributed by atoms with Gasteiger partial charge in [0.2, 0.25) is 10.8 Å². The number of hydrogen-bond donors (Lipinski definition) is 0. The molecule has 0 unspecified atom stereocenters. The van der Waals surface area contributed by atoms with Gasteiger partial charge in [-0.15, -0.1) is 0 Å². The van der Waals surface area contributed by atoms with Crippen LogP contribution >= 0.6 is 0 Å². The lowest BCUT2D eigenvalue weighted by Crippen LogP contribution is -2.51. The highest BCUT2D eigenvalue weighted by Crippen LogP contribution is 2.62. The Morgan fingerprint density at radius 3 is 0.680 bits per heavy atom. The van der Waals surface area contributed by atoms with Crippen LogP contribution in [0.1, 0.15) is 0 Å². The van der Waals surface area contributed by atoms with E-state index in [1.807, 2.05) is 0 Å². The summed E-state index contributed by atoms with van der Waals surface area (Å²) in [5, 5.41) is 0. The smallest absolute Gasteiger partial charge is 0.339 e. The summed E-state index contributed by atoms with van der Waals surface area (Å²) in [7, 11) is 6.96. The van der Waals surface area contributed by atoms with Crippen molar-refractivity contribution in [1.82, 2.24) is 0 Å². The number of hydrogen-bond acceptors (Lipinski definition) is 20. The van der Waals surface area contributed by atoms with Crippen LogP contribution in [0.3, 0.4) is 0 Å². The van der Waals surface area contributed by atoms with Crippen molar-refractivity contribution >= 4 is 59.7 Å². The Kier molecular flexibility index (Phi) is 12.2. The van der Waals surface area contributed by atoms with Crippen molar-refractivity contribution < 1.29 is 95.3 Å². The minimum absolute atomic E-state index is 0.656. The van der Waals surface area contributed by atoms with Crippen molar-refractivity contribution in [3.8, 4) is 0 Å². The molecule has 0 atom stereocenters. The van der Waals surface area contributed by atoms with Gasteiger partial charge in [-0.1, -0.05) is 0 Å². The Morgan fingerprint density at radius 1 is 0.300 bits per heavy atom. The zero-order valence-corrected chi connectivity index (χ0v) is 28.2. The Labute approximate surface area is 281 Å². The highest BCUT2D eigenvalue weighted by atomic mass is 16.6. The molecule has 0 heterocycles. The van der Waals surface area contributed by atoms with Gasteiger partial charge in [0, 0.05) is 11.1 Å². The second-order valence-corrected chi connectivity index (χ2v) is 9.42. The first kappa shape index (κ1) is 39.8. The molecule has 0 spiro atoms. The second-order valence-electron chi connectivity index (χ2n) is 9.42. The molecule has 0 N–H and O–H groups in total. The van der Waals surface area contributed by atoms with Crippen molar-refractivity contribution in [2.24, 2.45) is 10.8 Å². The van der Waals surface area contributed by atoms with E-state index in [1.54, 1.807) is 0 Å². The molecule has 20 heteroatoms. The van der Waals surface area contributed by atoms with Crippen LogP contribution in [0.15, 0.2) is 44.6 Å². The van der Waals surface area contributed by atoms with Gasteiger partial charge in [-0.05, 0) is 0 Å². The highest BCUT2D eigenvalue weighted by Gasteiger charge is 2.74. The molecule has 0 aromatic carbocycles. The summed E-state index contributed by atoms with van der Waals surface area (Å²) in [6, 6.07) is 0. The van der Waals surface area contributed by atoms with Crippen molar-refractivity contribution in [2.45, 2.75) is 0 Å². The van der Waals surface area contributed by atoms with Crippen molar-refractivity contribution in [1.29, 1.82) is 0 Å². The molecule has 50 heavy (non-hydrogen) atoms. The maximum atomic E-state index is 14.2. The number of carbonyl (C=O) groups is 10. The van der Waals surface area contributed by atoms with Gasteiger partial charge in [0.1, 0.15) is 0 Å².